The molecule has 2 aliphatic heterocycles. The van der Waals surface area contributed by atoms with Crippen LogP contribution < -0.4 is 5.11 Å². The first-order valence-corrected chi connectivity index (χ1v) is 9.35. The fourth-order valence-electron chi connectivity index (χ4n) is 3.68. The first kappa shape index (κ1) is 18.9. The molecule has 0 unspecified atom stereocenters. The van der Waals surface area contributed by atoms with Crippen molar-refractivity contribution in [3.63, 3.8) is 0 Å². The summed E-state index contributed by atoms with van der Waals surface area (Å²) in [5.74, 6) is -1.26. The van der Waals surface area contributed by atoms with Crippen LogP contribution in [-0.2, 0) is 11.2 Å². The van der Waals surface area contributed by atoms with Gasteiger partial charge in [-0.3, -0.25) is 0 Å². The lowest BCUT2D eigenvalue weighted by Gasteiger charge is -2.30. The molecule has 1 aromatic heterocycles. The van der Waals surface area contributed by atoms with Crippen molar-refractivity contribution < 1.29 is 24.4 Å². The molecule has 0 aliphatic carbocycles. The first-order chi connectivity index (χ1) is 14.0. The summed E-state index contributed by atoms with van der Waals surface area (Å²) in [7, 11) is 0. The van der Waals surface area contributed by atoms with Crippen LogP contribution >= 0.6 is 0 Å². The van der Waals surface area contributed by atoms with Gasteiger partial charge in [0.15, 0.2) is 11.4 Å². The summed E-state index contributed by atoms with van der Waals surface area (Å²) in [5.41, 5.74) is 2.46. The summed E-state index contributed by atoms with van der Waals surface area (Å²) in [6.07, 6.45) is 11.8. The minimum atomic E-state index is -4.14. The van der Waals surface area contributed by atoms with E-state index in [1.54, 1.807) is 48.6 Å². The second-order valence-corrected chi connectivity index (χ2v) is 6.91. The van der Waals surface area contributed by atoms with Crippen molar-refractivity contribution in [3.05, 3.63) is 95.5 Å². The van der Waals surface area contributed by atoms with Crippen molar-refractivity contribution in [2.75, 3.05) is 0 Å². The predicted molar refractivity (Wildman–Crippen MR) is 109 cm³/mol. The molecule has 4 rings (SSSR count). The smallest absolute Gasteiger partial charge is 0.550 e. The zero-order valence-corrected chi connectivity index (χ0v) is 15.5. The Morgan fingerprint density at radius 2 is 1.86 bits per heavy atom. The number of hydrogen-bond donors (Lipinski definition) is 0. The number of fused-ring (bicyclic) bond motifs is 2. The molecule has 3 heterocycles. The van der Waals surface area contributed by atoms with Crippen molar-refractivity contribution in [2.24, 2.45) is 0 Å². The number of aryl methyl sites for hydroxylation is 1. The van der Waals surface area contributed by atoms with E-state index in [9.17, 15) is 9.90 Å². The van der Waals surface area contributed by atoms with Crippen LogP contribution in [0.2, 0.25) is 0 Å². The molecular weight excluding hydrogens is 373 g/mol. The Balaban J connectivity index is 0.00000256. The molecule has 0 atom stereocenters. The molecule has 1 aromatic carbocycles. The molecule has 2 aromatic rings. The fraction of sp³-hybridized carbons (Fsp3) is 0.0909. The third-order valence-electron chi connectivity index (χ3n) is 4.98. The maximum absolute atomic E-state index is 15.4. The quantitative estimate of drug-likeness (QED) is 0.560. The molecule has 146 valence electrons. The van der Waals surface area contributed by atoms with Crippen molar-refractivity contribution in [3.8, 4) is 0 Å². The van der Waals surface area contributed by atoms with Gasteiger partial charge >= 0.3 is 8.40 Å². The van der Waals surface area contributed by atoms with Gasteiger partial charge in [0.2, 0.25) is 0 Å². The molecule has 7 heteroatoms. The molecule has 0 saturated carbocycles. The minimum Gasteiger partial charge on any atom is -0.550 e. The van der Waals surface area contributed by atoms with Gasteiger partial charge in [-0.15, -0.1) is 0 Å². The van der Waals surface area contributed by atoms with E-state index in [4.69, 9.17) is 0 Å². The van der Waals surface area contributed by atoms with Crippen molar-refractivity contribution in [1.29, 1.82) is 0 Å². The van der Waals surface area contributed by atoms with Gasteiger partial charge in [0, 0.05) is 36.0 Å². The van der Waals surface area contributed by atoms with Gasteiger partial charge < -0.3 is 27.5 Å². The molecule has 0 N–H and O–H groups in total. The third kappa shape index (κ3) is 3.63. The Hall–Kier alpha value is -3.48. The topological polar surface area (TPSA) is 48.1 Å². The first-order valence-electron chi connectivity index (χ1n) is 9.35. The van der Waals surface area contributed by atoms with Gasteiger partial charge in [-0.25, -0.2) is 0 Å². The van der Waals surface area contributed by atoms with Crippen molar-refractivity contribution in [1.82, 2.24) is 4.48 Å². The summed E-state index contributed by atoms with van der Waals surface area (Å²) < 4.78 is 32.8. The predicted octanol–water partition coefficient (Wildman–Crippen LogP) is 3.15. The molecule has 2 aliphatic rings. The molecular formula is C22H19BF2N2O2. The summed E-state index contributed by atoms with van der Waals surface area (Å²) in [4.78, 5) is 10.8. The van der Waals surface area contributed by atoms with E-state index < -0.39 is 12.9 Å². The number of allylic oxidation sites excluding steroid dienone is 5. The molecule has 0 saturated heterocycles. The maximum Gasteiger partial charge on any atom is 1.00 e. The summed E-state index contributed by atoms with van der Waals surface area (Å²) in [6, 6.07) is 12.8. The van der Waals surface area contributed by atoms with Crippen LogP contribution in [0.3, 0.4) is 0 Å². The number of carboxylic acids is 1. The van der Waals surface area contributed by atoms with Crippen LogP contribution in [0.5, 0.6) is 0 Å². The van der Waals surface area contributed by atoms with E-state index in [0.29, 0.717) is 17.1 Å². The van der Waals surface area contributed by atoms with Gasteiger partial charge in [0.1, 0.15) is 0 Å². The Morgan fingerprint density at radius 3 is 2.62 bits per heavy atom. The van der Waals surface area contributed by atoms with Crippen LogP contribution in [0.1, 0.15) is 24.8 Å². The SMILES string of the molecule is O=C([O-])CCc1ccc2n1[B-](F)(F)[N+]1=C(/C=C/C=C/c3ccccc3)C=CC1=C2.[H+]. The standard InChI is InChI=1S/C22H19BF2N2O2/c24-23(25)26-18(9-5-4-8-17-6-2-1-3-7-17)10-12-20(26)16-21-13-11-19(27(21)23)14-15-22(28)29/h1-13,16H,14-15H2,(H,28,29)/b8-4+,9-5+. The van der Waals surface area contributed by atoms with E-state index in [1.165, 1.54) is 0 Å². The Morgan fingerprint density at radius 1 is 1.10 bits per heavy atom. The number of nitrogens with zero attached hydrogens (tertiary/aromatic N) is 2. The average molecular weight is 392 g/mol. The van der Waals surface area contributed by atoms with E-state index in [1.807, 2.05) is 36.4 Å². The number of halogens is 2. The normalized spacial score (nSPS) is 17.1. The second kappa shape index (κ2) is 7.51. The highest BCUT2D eigenvalue weighted by molar-refractivity contribution is 6.58. The van der Waals surface area contributed by atoms with E-state index in [0.717, 1.165) is 14.5 Å². The summed E-state index contributed by atoms with van der Waals surface area (Å²) >= 11 is 0. The zero-order valence-electron chi connectivity index (χ0n) is 16.5. The largest absolute Gasteiger partial charge is 1.00 e. The summed E-state index contributed by atoms with van der Waals surface area (Å²) in [5, 5.41) is 10.8. The average Bonchev–Trinajstić information content (AvgIpc) is 3.30. The van der Waals surface area contributed by atoms with E-state index >= 15 is 8.63 Å². The number of aromatic nitrogens is 1. The third-order valence-corrected chi connectivity index (χ3v) is 4.98. The fourth-order valence-corrected chi connectivity index (χ4v) is 3.68. The van der Waals surface area contributed by atoms with Crippen LogP contribution in [0.4, 0.5) is 8.63 Å². The Labute approximate surface area is 168 Å². The van der Waals surface area contributed by atoms with Gasteiger partial charge in [0.25, 0.3) is 0 Å². The number of hydrogen-bond acceptors (Lipinski definition) is 2. The molecule has 0 amide bonds. The number of rotatable bonds is 6. The molecule has 0 spiro atoms. The highest BCUT2D eigenvalue weighted by Gasteiger charge is 2.51. The van der Waals surface area contributed by atoms with E-state index in [2.05, 4.69) is 0 Å². The molecule has 4 nitrogen and oxygen atoms in total. The molecule has 0 fully saturated rings. The number of carboxylic acid groups (broad SMARTS) is 1. The van der Waals surface area contributed by atoms with Crippen LogP contribution in [-0.4, -0.2) is 27.6 Å². The molecule has 29 heavy (non-hydrogen) atoms. The number of carbonyl (C=O) groups excluding carboxylic acids is 1. The van der Waals surface area contributed by atoms with Crippen molar-refractivity contribution in [2.45, 2.75) is 12.8 Å². The molecule has 0 radical (unpaired) electrons. The lowest BCUT2D eigenvalue weighted by Crippen LogP contribution is -2.50. The zero-order chi connectivity index (χ0) is 20.4. The monoisotopic (exact) mass is 392 g/mol. The van der Waals surface area contributed by atoms with Crippen molar-refractivity contribution >= 4 is 30.8 Å². The van der Waals surface area contributed by atoms with Crippen LogP contribution in [0, 0.1) is 0 Å². The van der Waals surface area contributed by atoms with Gasteiger partial charge in [0.05, 0.1) is 0 Å². The Kier molecular flexibility index (Phi) is 4.88. The molecule has 0 bridgehead atoms. The van der Waals surface area contributed by atoms with Gasteiger partial charge in [-0.1, -0.05) is 48.6 Å². The lowest BCUT2D eigenvalue weighted by molar-refractivity contribution is -0.360. The number of benzene rings is 1. The van der Waals surface area contributed by atoms with Crippen LogP contribution in [0.25, 0.3) is 12.2 Å². The lowest BCUT2D eigenvalue weighted by atomic mass is 9.90. The van der Waals surface area contributed by atoms with E-state index in [-0.39, 0.29) is 20.0 Å². The van der Waals surface area contributed by atoms with Gasteiger partial charge in [-0.05, 0) is 36.2 Å². The van der Waals surface area contributed by atoms with Crippen LogP contribution in [0.15, 0.2) is 78.5 Å². The number of aliphatic carboxylic acids is 1. The Bertz CT molecular complexity index is 1120. The minimum absolute atomic E-state index is 0. The highest BCUT2D eigenvalue weighted by Crippen LogP contribution is 2.32. The maximum atomic E-state index is 15.4. The number of carbonyl (C=O) groups is 1. The summed E-state index contributed by atoms with van der Waals surface area (Å²) in [6.45, 7) is -4.14. The van der Waals surface area contributed by atoms with Gasteiger partial charge in [-0.2, -0.15) is 0 Å². The highest BCUT2D eigenvalue weighted by atomic mass is 19.2. The second-order valence-electron chi connectivity index (χ2n) is 6.91.